The lowest BCUT2D eigenvalue weighted by molar-refractivity contribution is 0.106. The normalized spacial score (nSPS) is 20.1. The molecule has 3 amide bonds. The van der Waals surface area contributed by atoms with E-state index in [0.717, 1.165) is 4.90 Å². The van der Waals surface area contributed by atoms with E-state index in [4.69, 9.17) is 14.6 Å². The first-order chi connectivity index (χ1) is 11.5. The van der Waals surface area contributed by atoms with Crippen molar-refractivity contribution in [1.29, 1.82) is 0 Å². The fraction of sp³-hybridized carbons (Fsp3) is 0.400. The second-order valence-corrected chi connectivity index (χ2v) is 5.56. The van der Waals surface area contributed by atoms with Crippen molar-refractivity contribution in [2.75, 3.05) is 43.1 Å². The minimum atomic E-state index is -1.08. The molecule has 0 spiro atoms. The summed E-state index contributed by atoms with van der Waals surface area (Å²) in [5, 5.41) is 8.88. The van der Waals surface area contributed by atoms with Gasteiger partial charge in [-0.3, -0.25) is 9.80 Å². The van der Waals surface area contributed by atoms with Crippen LogP contribution in [0.1, 0.15) is 0 Å². The summed E-state index contributed by atoms with van der Waals surface area (Å²) >= 11 is 0. The van der Waals surface area contributed by atoms with Crippen molar-refractivity contribution in [3.63, 3.8) is 0 Å². The SMILES string of the molecule is CN(C[C@H]1CN(c2ccc(N3CCOC3=O)cc2)C(=O)O1)C(=O)O. The van der Waals surface area contributed by atoms with Gasteiger partial charge in [-0.1, -0.05) is 0 Å². The first-order valence-corrected chi connectivity index (χ1v) is 7.42. The summed E-state index contributed by atoms with van der Waals surface area (Å²) in [6.45, 7) is 1.22. The van der Waals surface area contributed by atoms with Gasteiger partial charge in [-0.05, 0) is 24.3 Å². The van der Waals surface area contributed by atoms with Gasteiger partial charge in [0.2, 0.25) is 0 Å². The van der Waals surface area contributed by atoms with Gasteiger partial charge in [0.1, 0.15) is 12.7 Å². The summed E-state index contributed by atoms with van der Waals surface area (Å²) in [6, 6.07) is 6.88. The minimum absolute atomic E-state index is 0.106. The van der Waals surface area contributed by atoms with E-state index in [0.29, 0.717) is 24.5 Å². The Morgan fingerprint density at radius 3 is 2.38 bits per heavy atom. The van der Waals surface area contributed by atoms with Gasteiger partial charge < -0.3 is 19.5 Å². The molecule has 9 heteroatoms. The highest BCUT2D eigenvalue weighted by Gasteiger charge is 2.34. The molecule has 2 heterocycles. The number of hydrogen-bond donors (Lipinski definition) is 1. The van der Waals surface area contributed by atoms with Crippen molar-refractivity contribution in [2.45, 2.75) is 6.10 Å². The average molecular weight is 335 g/mol. The highest BCUT2D eigenvalue weighted by atomic mass is 16.6. The summed E-state index contributed by atoms with van der Waals surface area (Å²) in [6.07, 6.45) is -2.51. The summed E-state index contributed by atoms with van der Waals surface area (Å²) in [7, 11) is 1.42. The Kier molecular flexibility index (Phi) is 4.15. The number of carbonyl (C=O) groups excluding carboxylic acids is 2. The number of hydrogen-bond acceptors (Lipinski definition) is 5. The molecule has 0 radical (unpaired) electrons. The van der Waals surface area contributed by atoms with Gasteiger partial charge in [-0.2, -0.15) is 0 Å². The lowest BCUT2D eigenvalue weighted by atomic mass is 10.2. The molecule has 1 aromatic rings. The molecule has 0 unspecified atom stereocenters. The Morgan fingerprint density at radius 2 is 1.83 bits per heavy atom. The van der Waals surface area contributed by atoms with Gasteiger partial charge in [0, 0.05) is 18.4 Å². The van der Waals surface area contributed by atoms with E-state index in [-0.39, 0.29) is 19.2 Å². The van der Waals surface area contributed by atoms with Crippen molar-refractivity contribution in [2.24, 2.45) is 0 Å². The van der Waals surface area contributed by atoms with Crippen molar-refractivity contribution in [3.8, 4) is 0 Å². The predicted molar refractivity (Wildman–Crippen MR) is 83.4 cm³/mol. The van der Waals surface area contributed by atoms with E-state index in [1.165, 1.54) is 16.8 Å². The maximum atomic E-state index is 12.0. The van der Waals surface area contributed by atoms with Crippen LogP contribution >= 0.6 is 0 Å². The molecule has 2 aliphatic rings. The summed E-state index contributed by atoms with van der Waals surface area (Å²) < 4.78 is 10.1. The van der Waals surface area contributed by atoms with Crippen LogP contribution in [0.15, 0.2) is 24.3 Å². The third-order valence-corrected chi connectivity index (χ3v) is 3.91. The molecular formula is C15H17N3O6. The van der Waals surface area contributed by atoms with Crippen LogP contribution in [0.4, 0.5) is 25.8 Å². The number of likely N-dealkylation sites (N-methyl/N-ethyl adjacent to an activating group) is 1. The molecule has 128 valence electrons. The molecule has 1 atom stereocenters. The van der Waals surface area contributed by atoms with Crippen LogP contribution in [0, 0.1) is 0 Å². The van der Waals surface area contributed by atoms with E-state index in [2.05, 4.69) is 0 Å². The van der Waals surface area contributed by atoms with Crippen LogP contribution in [0.2, 0.25) is 0 Å². The third-order valence-electron chi connectivity index (χ3n) is 3.91. The molecule has 1 N–H and O–H groups in total. The van der Waals surface area contributed by atoms with E-state index in [1.54, 1.807) is 24.3 Å². The molecule has 0 saturated carbocycles. The molecule has 2 saturated heterocycles. The topological polar surface area (TPSA) is 99.6 Å². The van der Waals surface area contributed by atoms with Crippen LogP contribution < -0.4 is 9.80 Å². The number of nitrogens with zero attached hydrogens (tertiary/aromatic N) is 3. The van der Waals surface area contributed by atoms with Gasteiger partial charge in [0.05, 0.1) is 19.6 Å². The standard InChI is InChI=1S/C15H17N3O6/c1-16(13(19)20)8-12-9-18(15(22)24-12)11-4-2-10(3-5-11)17-6-7-23-14(17)21/h2-5,12H,6-9H2,1H3,(H,19,20)/t12-/m0/s1. The highest BCUT2D eigenvalue weighted by molar-refractivity contribution is 5.92. The van der Waals surface area contributed by atoms with Crippen molar-refractivity contribution in [1.82, 2.24) is 4.90 Å². The number of carboxylic acid groups (broad SMARTS) is 1. The number of carbonyl (C=O) groups is 3. The highest BCUT2D eigenvalue weighted by Crippen LogP contribution is 2.26. The first kappa shape index (κ1) is 15.9. The molecule has 0 bridgehead atoms. The molecule has 0 aromatic heterocycles. The number of rotatable bonds is 4. The second-order valence-electron chi connectivity index (χ2n) is 5.56. The lowest BCUT2D eigenvalue weighted by Gasteiger charge is -2.17. The van der Waals surface area contributed by atoms with E-state index in [9.17, 15) is 14.4 Å². The molecule has 2 fully saturated rings. The van der Waals surface area contributed by atoms with E-state index < -0.39 is 18.3 Å². The Labute approximate surface area is 137 Å². The molecule has 1 aromatic carbocycles. The molecule has 2 aliphatic heterocycles. The Bertz CT molecular complexity index is 662. The van der Waals surface area contributed by atoms with Crippen LogP contribution in [-0.4, -0.2) is 67.7 Å². The van der Waals surface area contributed by atoms with E-state index >= 15 is 0 Å². The summed E-state index contributed by atoms with van der Waals surface area (Å²) in [4.78, 5) is 38.4. The number of cyclic esters (lactones) is 2. The van der Waals surface area contributed by atoms with Crippen LogP contribution in [0.3, 0.4) is 0 Å². The zero-order valence-corrected chi connectivity index (χ0v) is 13.0. The number of anilines is 2. The maximum absolute atomic E-state index is 12.0. The monoisotopic (exact) mass is 335 g/mol. The van der Waals surface area contributed by atoms with Crippen LogP contribution in [0.25, 0.3) is 0 Å². The van der Waals surface area contributed by atoms with Crippen LogP contribution in [0.5, 0.6) is 0 Å². The third kappa shape index (κ3) is 3.05. The van der Waals surface area contributed by atoms with Crippen molar-refractivity contribution < 1.29 is 29.0 Å². The molecule has 24 heavy (non-hydrogen) atoms. The maximum Gasteiger partial charge on any atom is 0.414 e. The zero-order chi connectivity index (χ0) is 17.3. The minimum Gasteiger partial charge on any atom is -0.465 e. The Balaban J connectivity index is 1.67. The number of amides is 3. The Morgan fingerprint density at radius 1 is 1.21 bits per heavy atom. The summed E-state index contributed by atoms with van der Waals surface area (Å²) in [5.74, 6) is 0. The van der Waals surface area contributed by atoms with Crippen molar-refractivity contribution >= 4 is 29.7 Å². The van der Waals surface area contributed by atoms with Crippen molar-refractivity contribution in [3.05, 3.63) is 24.3 Å². The Hall–Kier alpha value is -2.97. The first-order valence-electron chi connectivity index (χ1n) is 7.42. The smallest absolute Gasteiger partial charge is 0.414 e. The average Bonchev–Trinajstić information content (AvgIpc) is 3.13. The number of benzene rings is 1. The van der Waals surface area contributed by atoms with Gasteiger partial charge in [0.25, 0.3) is 0 Å². The fourth-order valence-electron chi connectivity index (χ4n) is 2.65. The molecule has 9 nitrogen and oxygen atoms in total. The van der Waals surface area contributed by atoms with Crippen LogP contribution in [-0.2, 0) is 9.47 Å². The molecular weight excluding hydrogens is 318 g/mol. The summed E-state index contributed by atoms with van der Waals surface area (Å²) in [5.41, 5.74) is 1.31. The van der Waals surface area contributed by atoms with Gasteiger partial charge in [-0.25, -0.2) is 14.4 Å². The fourth-order valence-corrected chi connectivity index (χ4v) is 2.65. The quantitative estimate of drug-likeness (QED) is 0.897. The zero-order valence-electron chi connectivity index (χ0n) is 13.0. The predicted octanol–water partition coefficient (Wildman–Crippen LogP) is 1.58. The molecule has 0 aliphatic carbocycles. The van der Waals surface area contributed by atoms with Gasteiger partial charge in [0.15, 0.2) is 0 Å². The lowest BCUT2D eigenvalue weighted by Crippen LogP contribution is -2.35. The molecule has 3 rings (SSSR count). The second kappa shape index (κ2) is 6.26. The van der Waals surface area contributed by atoms with Gasteiger partial charge in [-0.15, -0.1) is 0 Å². The van der Waals surface area contributed by atoms with Gasteiger partial charge >= 0.3 is 18.3 Å². The number of ether oxygens (including phenoxy) is 2. The van der Waals surface area contributed by atoms with E-state index in [1.807, 2.05) is 0 Å². The largest absolute Gasteiger partial charge is 0.465 e.